The van der Waals surface area contributed by atoms with Crippen LogP contribution in [0, 0.1) is 0 Å². The summed E-state index contributed by atoms with van der Waals surface area (Å²) in [6.45, 7) is 11.8. The number of esters is 1. The number of rotatable bonds is 6. The highest BCUT2D eigenvalue weighted by Gasteiger charge is 2.50. The quantitative estimate of drug-likeness (QED) is 0.246. The Morgan fingerprint density at radius 1 is 1.25 bits per heavy atom. The third-order valence-electron chi connectivity index (χ3n) is 3.46. The summed E-state index contributed by atoms with van der Waals surface area (Å²) in [5.41, 5.74) is -0.803. The zero-order valence-electron chi connectivity index (χ0n) is 12.7. The molecule has 0 spiro atoms. The molecule has 0 saturated carbocycles. The second-order valence-corrected chi connectivity index (χ2v) is 5.60. The van der Waals surface area contributed by atoms with Crippen LogP contribution in [0.15, 0.2) is 36.9 Å². The van der Waals surface area contributed by atoms with Gasteiger partial charge in [0, 0.05) is 6.08 Å². The Morgan fingerprint density at radius 2 is 1.85 bits per heavy atom. The second kappa shape index (κ2) is 6.91. The lowest BCUT2D eigenvalue weighted by Crippen LogP contribution is -2.41. The topological polar surface area (TPSA) is 44.8 Å². The van der Waals surface area contributed by atoms with Crippen LogP contribution in [0.2, 0.25) is 0 Å². The molecule has 1 aliphatic rings. The molecule has 0 bridgehead atoms. The van der Waals surface area contributed by atoms with Gasteiger partial charge >= 0.3 is 13.1 Å². The standard InChI is InChI=1S/C15H23BO4/c1-6-7-8-9-12-18-13(17)10-11-16-19-14(2,3)15(4,5)20-16/h6-8,10-11H,1,9,12H2,2-5H3/b8-7+,11-10+. The molecule has 110 valence electrons. The van der Waals surface area contributed by atoms with Gasteiger partial charge in [-0.15, -0.1) is 0 Å². The Kier molecular flexibility index (Phi) is 5.78. The van der Waals surface area contributed by atoms with Crippen molar-refractivity contribution in [3.8, 4) is 0 Å². The van der Waals surface area contributed by atoms with E-state index in [9.17, 15) is 4.79 Å². The van der Waals surface area contributed by atoms with Gasteiger partial charge in [-0.25, -0.2) is 4.79 Å². The van der Waals surface area contributed by atoms with Crippen molar-refractivity contribution in [1.82, 2.24) is 0 Å². The summed E-state index contributed by atoms with van der Waals surface area (Å²) in [7, 11) is -0.520. The fourth-order valence-electron chi connectivity index (χ4n) is 1.59. The number of carbonyl (C=O) groups is 1. The maximum absolute atomic E-state index is 11.5. The summed E-state index contributed by atoms with van der Waals surface area (Å²) in [6.07, 6.45) is 7.40. The molecule has 0 aromatic rings. The Labute approximate surface area is 121 Å². The largest absolute Gasteiger partial charge is 0.487 e. The smallest absolute Gasteiger partial charge is 0.462 e. The fourth-order valence-corrected chi connectivity index (χ4v) is 1.59. The Hall–Kier alpha value is -1.33. The first kappa shape index (κ1) is 16.7. The predicted molar refractivity (Wildman–Crippen MR) is 80.1 cm³/mol. The zero-order chi connectivity index (χ0) is 15.2. The number of hydrogen-bond acceptors (Lipinski definition) is 4. The Morgan fingerprint density at radius 3 is 2.40 bits per heavy atom. The molecule has 0 atom stereocenters. The molecule has 1 aliphatic heterocycles. The number of allylic oxidation sites excluding steroid dienone is 2. The van der Waals surface area contributed by atoms with Crippen molar-refractivity contribution >= 4 is 13.1 Å². The molecule has 1 saturated heterocycles. The van der Waals surface area contributed by atoms with Crippen LogP contribution in [0.5, 0.6) is 0 Å². The second-order valence-electron chi connectivity index (χ2n) is 5.60. The predicted octanol–water partition coefficient (Wildman–Crippen LogP) is 2.85. The normalized spacial score (nSPS) is 20.7. The molecule has 1 heterocycles. The maximum Gasteiger partial charge on any atom is 0.487 e. The summed E-state index contributed by atoms with van der Waals surface area (Å²) >= 11 is 0. The van der Waals surface area contributed by atoms with E-state index >= 15 is 0 Å². The van der Waals surface area contributed by atoms with Crippen LogP contribution < -0.4 is 0 Å². The van der Waals surface area contributed by atoms with Gasteiger partial charge in [0.2, 0.25) is 0 Å². The minimum absolute atomic E-state index is 0.344. The van der Waals surface area contributed by atoms with Gasteiger partial charge in [-0.2, -0.15) is 0 Å². The minimum Gasteiger partial charge on any atom is -0.462 e. The van der Waals surface area contributed by atoms with Crippen LogP contribution in [0.4, 0.5) is 0 Å². The first-order valence-corrected chi connectivity index (χ1v) is 6.77. The molecule has 5 heteroatoms. The number of ether oxygens (including phenoxy) is 1. The first-order valence-electron chi connectivity index (χ1n) is 6.77. The molecule has 0 aromatic carbocycles. The van der Waals surface area contributed by atoms with Gasteiger partial charge in [-0.3, -0.25) is 0 Å². The van der Waals surface area contributed by atoms with E-state index in [1.807, 2.05) is 39.8 Å². The maximum atomic E-state index is 11.5. The molecule has 4 nitrogen and oxygen atoms in total. The van der Waals surface area contributed by atoms with E-state index in [4.69, 9.17) is 14.0 Å². The van der Waals surface area contributed by atoms with Crippen molar-refractivity contribution in [2.75, 3.05) is 6.61 Å². The number of carbonyl (C=O) groups excluding carboxylic acids is 1. The van der Waals surface area contributed by atoms with E-state index < -0.39 is 24.3 Å². The molecule has 0 aromatic heterocycles. The summed E-state index contributed by atoms with van der Waals surface area (Å²) in [5, 5.41) is 0. The molecule has 0 aliphatic carbocycles. The van der Waals surface area contributed by atoms with Gasteiger partial charge in [-0.05, 0) is 40.1 Å². The van der Waals surface area contributed by atoms with Gasteiger partial charge in [0.05, 0.1) is 17.8 Å². The average molecular weight is 278 g/mol. The van der Waals surface area contributed by atoms with Crippen LogP contribution in [-0.4, -0.2) is 30.9 Å². The van der Waals surface area contributed by atoms with Crippen LogP contribution >= 0.6 is 0 Å². The van der Waals surface area contributed by atoms with Crippen molar-refractivity contribution in [1.29, 1.82) is 0 Å². The van der Waals surface area contributed by atoms with Crippen molar-refractivity contribution in [3.63, 3.8) is 0 Å². The molecule has 1 fully saturated rings. The molecule has 0 unspecified atom stereocenters. The minimum atomic E-state index is -0.520. The van der Waals surface area contributed by atoms with E-state index in [-0.39, 0.29) is 0 Å². The van der Waals surface area contributed by atoms with Crippen LogP contribution in [0.1, 0.15) is 34.1 Å². The fraction of sp³-hybridized carbons (Fsp3) is 0.533. The molecule has 0 N–H and O–H groups in total. The summed E-state index contributed by atoms with van der Waals surface area (Å²) in [4.78, 5) is 11.5. The third kappa shape index (κ3) is 4.65. The SMILES string of the molecule is C=C/C=C/CCOC(=O)/C=C/B1OC(C)(C)C(C)(C)O1. The molecule has 1 rings (SSSR count). The van der Waals surface area contributed by atoms with E-state index in [1.165, 1.54) is 6.08 Å². The molecular formula is C15H23BO4. The summed E-state index contributed by atoms with van der Waals surface area (Å²) in [5.74, 6) is 1.19. The highest BCUT2D eigenvalue weighted by molar-refractivity contribution is 6.52. The Bertz CT molecular complexity index is 394. The van der Waals surface area contributed by atoms with Crippen molar-refractivity contribution in [2.24, 2.45) is 0 Å². The van der Waals surface area contributed by atoms with Crippen LogP contribution in [0.3, 0.4) is 0 Å². The highest BCUT2D eigenvalue weighted by atomic mass is 16.7. The average Bonchev–Trinajstić information content (AvgIpc) is 2.55. The van der Waals surface area contributed by atoms with Gasteiger partial charge in [0.25, 0.3) is 0 Å². The lowest BCUT2D eigenvalue weighted by molar-refractivity contribution is -0.137. The van der Waals surface area contributed by atoms with Crippen molar-refractivity contribution in [2.45, 2.75) is 45.3 Å². The van der Waals surface area contributed by atoms with Crippen LogP contribution in [-0.2, 0) is 18.8 Å². The van der Waals surface area contributed by atoms with Crippen molar-refractivity contribution in [3.05, 3.63) is 36.9 Å². The Balaban J connectivity index is 2.36. The van der Waals surface area contributed by atoms with Gasteiger partial charge < -0.3 is 14.0 Å². The zero-order valence-corrected chi connectivity index (χ0v) is 12.7. The van der Waals surface area contributed by atoms with Gasteiger partial charge in [0.15, 0.2) is 0 Å². The van der Waals surface area contributed by atoms with Gasteiger partial charge in [-0.1, -0.05) is 24.8 Å². The van der Waals surface area contributed by atoms with E-state index in [0.717, 1.165) is 0 Å². The molecule has 0 amide bonds. The molecule has 0 radical (unpaired) electrons. The lowest BCUT2D eigenvalue weighted by atomic mass is 9.90. The number of hydrogen-bond donors (Lipinski definition) is 0. The van der Waals surface area contributed by atoms with Gasteiger partial charge in [0.1, 0.15) is 0 Å². The van der Waals surface area contributed by atoms with Crippen LogP contribution in [0.25, 0.3) is 0 Å². The summed E-state index contributed by atoms with van der Waals surface area (Å²) < 4.78 is 16.5. The van der Waals surface area contributed by atoms with Crippen molar-refractivity contribution < 1.29 is 18.8 Å². The van der Waals surface area contributed by atoms with E-state index in [2.05, 4.69) is 6.58 Å². The summed E-state index contributed by atoms with van der Waals surface area (Å²) in [6, 6.07) is 0. The van der Waals surface area contributed by atoms with E-state index in [0.29, 0.717) is 13.0 Å². The monoisotopic (exact) mass is 278 g/mol. The molecule has 20 heavy (non-hydrogen) atoms. The third-order valence-corrected chi connectivity index (χ3v) is 3.46. The highest BCUT2D eigenvalue weighted by Crippen LogP contribution is 2.36. The molecular weight excluding hydrogens is 255 g/mol. The lowest BCUT2D eigenvalue weighted by Gasteiger charge is -2.32. The van der Waals surface area contributed by atoms with E-state index in [1.54, 1.807) is 12.1 Å². The first-order chi connectivity index (χ1) is 9.28.